The van der Waals surface area contributed by atoms with E-state index in [1.165, 1.54) is 16.7 Å². The summed E-state index contributed by atoms with van der Waals surface area (Å²) in [6.45, 7) is 7.64. The fourth-order valence-corrected chi connectivity index (χ4v) is 4.48. The zero-order valence-corrected chi connectivity index (χ0v) is 16.8. The molecule has 4 rings (SSSR count). The molecule has 0 unspecified atom stereocenters. The van der Waals surface area contributed by atoms with Crippen LogP contribution in [0, 0.1) is 6.92 Å². The maximum Gasteiger partial charge on any atom is 0.0899 e. The van der Waals surface area contributed by atoms with Crippen LogP contribution in [0.4, 0.5) is 0 Å². The second-order valence-corrected chi connectivity index (χ2v) is 8.25. The van der Waals surface area contributed by atoms with Crippen molar-refractivity contribution in [1.82, 2.24) is 9.80 Å². The van der Waals surface area contributed by atoms with Crippen molar-refractivity contribution in [1.29, 1.82) is 0 Å². The van der Waals surface area contributed by atoms with Gasteiger partial charge in [-0.3, -0.25) is 4.90 Å². The maximum absolute atomic E-state index is 9.82. The number of aliphatic hydroxyl groups is 1. The normalized spacial score (nSPS) is 25.1. The monoisotopic (exact) mass is 380 g/mol. The summed E-state index contributed by atoms with van der Waals surface area (Å²) in [5.74, 6) is 0. The van der Waals surface area contributed by atoms with Gasteiger partial charge in [0.25, 0.3) is 0 Å². The van der Waals surface area contributed by atoms with Crippen molar-refractivity contribution in [2.45, 2.75) is 44.6 Å². The molecular formula is C24H32N2O2. The molecule has 2 aromatic carbocycles. The molecule has 2 atom stereocenters. The summed E-state index contributed by atoms with van der Waals surface area (Å²) in [6.07, 6.45) is 1.76. The second-order valence-electron chi connectivity index (χ2n) is 8.25. The minimum Gasteiger partial charge on any atom is -0.393 e. The number of benzene rings is 2. The highest BCUT2D eigenvalue weighted by Gasteiger charge is 2.35. The predicted molar refractivity (Wildman–Crippen MR) is 112 cm³/mol. The molecule has 0 saturated carbocycles. The number of aryl methyl sites for hydroxylation is 1. The van der Waals surface area contributed by atoms with Crippen molar-refractivity contribution >= 4 is 0 Å². The Morgan fingerprint density at radius 2 is 1.68 bits per heavy atom. The lowest BCUT2D eigenvalue weighted by atomic mass is 9.96. The Morgan fingerprint density at radius 1 is 0.964 bits per heavy atom. The molecule has 4 heteroatoms. The van der Waals surface area contributed by atoms with Gasteiger partial charge in [-0.25, -0.2) is 0 Å². The third kappa shape index (κ3) is 4.81. The van der Waals surface area contributed by atoms with Gasteiger partial charge in [0.05, 0.1) is 24.9 Å². The van der Waals surface area contributed by atoms with Crippen LogP contribution in [0.25, 0.3) is 0 Å². The fourth-order valence-electron chi connectivity index (χ4n) is 4.48. The van der Waals surface area contributed by atoms with E-state index in [0.29, 0.717) is 0 Å². The Balaban J connectivity index is 1.53. The lowest BCUT2D eigenvalue weighted by Gasteiger charge is -2.44. The summed E-state index contributed by atoms with van der Waals surface area (Å²) in [6, 6.07) is 19.9. The number of hydrogen-bond donors (Lipinski definition) is 1. The number of piperidine rings is 1. The van der Waals surface area contributed by atoms with Crippen molar-refractivity contribution in [3.05, 3.63) is 71.3 Å². The van der Waals surface area contributed by atoms with E-state index >= 15 is 0 Å². The van der Waals surface area contributed by atoms with Gasteiger partial charge in [0, 0.05) is 32.7 Å². The Kier molecular flexibility index (Phi) is 6.43. The van der Waals surface area contributed by atoms with Crippen LogP contribution >= 0.6 is 0 Å². The van der Waals surface area contributed by atoms with Gasteiger partial charge in [-0.2, -0.15) is 0 Å². The molecule has 2 heterocycles. The highest BCUT2D eigenvalue weighted by atomic mass is 16.5. The van der Waals surface area contributed by atoms with E-state index in [2.05, 4.69) is 71.3 Å². The van der Waals surface area contributed by atoms with Gasteiger partial charge in [0.15, 0.2) is 0 Å². The zero-order chi connectivity index (χ0) is 19.3. The Hall–Kier alpha value is -1.72. The third-order valence-electron chi connectivity index (χ3n) is 6.10. The van der Waals surface area contributed by atoms with Gasteiger partial charge in [0.2, 0.25) is 0 Å². The van der Waals surface area contributed by atoms with Crippen LogP contribution in [0.5, 0.6) is 0 Å². The van der Waals surface area contributed by atoms with Crippen molar-refractivity contribution in [2.75, 3.05) is 32.8 Å². The largest absolute Gasteiger partial charge is 0.393 e. The Labute approximate surface area is 168 Å². The first-order valence-corrected chi connectivity index (χ1v) is 10.6. The van der Waals surface area contributed by atoms with Crippen molar-refractivity contribution in [3.63, 3.8) is 0 Å². The van der Waals surface area contributed by atoms with E-state index in [0.717, 1.165) is 52.2 Å². The molecule has 0 aromatic heterocycles. The molecule has 0 spiro atoms. The maximum atomic E-state index is 9.82. The first kappa shape index (κ1) is 19.6. The summed E-state index contributed by atoms with van der Waals surface area (Å²) in [5.41, 5.74) is 3.99. The SMILES string of the molecule is Cc1ccc(CN2CCO[C@@H](CN3CCC(O)CC3)[C@@H]2c2ccccc2)cc1. The number of ether oxygens (including phenoxy) is 1. The minimum atomic E-state index is -0.133. The molecule has 150 valence electrons. The van der Waals surface area contributed by atoms with Crippen LogP contribution in [0.15, 0.2) is 54.6 Å². The van der Waals surface area contributed by atoms with E-state index in [-0.39, 0.29) is 18.2 Å². The number of morpholine rings is 1. The van der Waals surface area contributed by atoms with Crippen LogP contribution in [-0.4, -0.2) is 59.9 Å². The molecule has 2 aliphatic rings. The number of rotatable bonds is 5. The summed E-state index contributed by atoms with van der Waals surface area (Å²) in [5, 5.41) is 9.82. The van der Waals surface area contributed by atoms with Gasteiger partial charge in [-0.05, 0) is 30.9 Å². The van der Waals surface area contributed by atoms with Gasteiger partial charge >= 0.3 is 0 Å². The van der Waals surface area contributed by atoms with Crippen molar-refractivity contribution in [2.24, 2.45) is 0 Å². The highest BCUT2D eigenvalue weighted by molar-refractivity contribution is 5.24. The number of nitrogens with zero attached hydrogens (tertiary/aromatic N) is 2. The molecule has 28 heavy (non-hydrogen) atoms. The molecule has 2 aromatic rings. The number of hydrogen-bond acceptors (Lipinski definition) is 4. The number of likely N-dealkylation sites (tertiary alicyclic amines) is 1. The van der Waals surface area contributed by atoms with Crippen LogP contribution in [0.3, 0.4) is 0 Å². The first-order valence-electron chi connectivity index (χ1n) is 10.6. The average Bonchev–Trinajstić information content (AvgIpc) is 2.72. The smallest absolute Gasteiger partial charge is 0.0899 e. The molecule has 0 aliphatic carbocycles. The Bertz CT molecular complexity index is 726. The molecule has 2 saturated heterocycles. The van der Waals surface area contributed by atoms with E-state index in [1.807, 2.05) is 0 Å². The van der Waals surface area contributed by atoms with Gasteiger partial charge in [0.1, 0.15) is 0 Å². The lowest BCUT2D eigenvalue weighted by molar-refractivity contribution is -0.0915. The number of aliphatic hydroxyl groups excluding tert-OH is 1. The van der Waals surface area contributed by atoms with Crippen LogP contribution in [0.2, 0.25) is 0 Å². The quantitative estimate of drug-likeness (QED) is 0.863. The Morgan fingerprint density at radius 3 is 2.39 bits per heavy atom. The average molecular weight is 381 g/mol. The summed E-state index contributed by atoms with van der Waals surface area (Å²) in [7, 11) is 0. The highest BCUT2D eigenvalue weighted by Crippen LogP contribution is 2.32. The summed E-state index contributed by atoms with van der Waals surface area (Å²) >= 11 is 0. The minimum absolute atomic E-state index is 0.133. The summed E-state index contributed by atoms with van der Waals surface area (Å²) in [4.78, 5) is 5.04. The van der Waals surface area contributed by atoms with Crippen LogP contribution < -0.4 is 0 Å². The topological polar surface area (TPSA) is 35.9 Å². The van der Waals surface area contributed by atoms with Gasteiger partial charge in [-0.1, -0.05) is 60.2 Å². The molecule has 4 nitrogen and oxygen atoms in total. The molecule has 0 bridgehead atoms. The zero-order valence-electron chi connectivity index (χ0n) is 16.8. The molecule has 2 fully saturated rings. The molecule has 1 N–H and O–H groups in total. The van der Waals surface area contributed by atoms with E-state index in [4.69, 9.17) is 4.74 Å². The van der Waals surface area contributed by atoms with E-state index in [1.54, 1.807) is 0 Å². The predicted octanol–water partition coefficient (Wildman–Crippen LogP) is 3.39. The van der Waals surface area contributed by atoms with Crippen LogP contribution in [0.1, 0.15) is 35.6 Å². The van der Waals surface area contributed by atoms with Gasteiger partial charge in [-0.15, -0.1) is 0 Å². The third-order valence-corrected chi connectivity index (χ3v) is 6.10. The van der Waals surface area contributed by atoms with Crippen molar-refractivity contribution in [3.8, 4) is 0 Å². The van der Waals surface area contributed by atoms with Gasteiger partial charge < -0.3 is 14.7 Å². The van der Waals surface area contributed by atoms with E-state index in [9.17, 15) is 5.11 Å². The fraction of sp³-hybridized carbons (Fsp3) is 0.500. The standard InChI is InChI=1S/C24H32N2O2/c1-19-7-9-20(10-8-19)17-26-15-16-28-23(18-25-13-11-22(27)12-14-25)24(26)21-5-3-2-4-6-21/h2-10,22-24,27H,11-18H2,1H3/t23-,24-/m0/s1. The van der Waals surface area contributed by atoms with Crippen molar-refractivity contribution < 1.29 is 9.84 Å². The van der Waals surface area contributed by atoms with E-state index < -0.39 is 0 Å². The molecule has 2 aliphatic heterocycles. The molecular weight excluding hydrogens is 348 g/mol. The lowest BCUT2D eigenvalue weighted by Crippen LogP contribution is -2.50. The second kappa shape index (κ2) is 9.19. The molecule has 0 amide bonds. The first-order chi connectivity index (χ1) is 13.7. The van der Waals surface area contributed by atoms with Crippen LogP contribution in [-0.2, 0) is 11.3 Å². The summed E-state index contributed by atoms with van der Waals surface area (Å²) < 4.78 is 6.32. The molecule has 0 radical (unpaired) electrons.